The SMILES string of the molecule is C1COCCO1.[Fe+2].c1ccc(P(c2ccccc2)c2ccc[cH-]2)cc1.c1ccc(P(c2ccccc2)c2ccc[cH-]2)cc1. The summed E-state index contributed by atoms with van der Waals surface area (Å²) in [6.07, 6.45) is 0. The van der Waals surface area contributed by atoms with Gasteiger partial charge < -0.3 is 9.47 Å². The van der Waals surface area contributed by atoms with Crippen LogP contribution < -0.4 is 31.8 Å². The van der Waals surface area contributed by atoms with E-state index < -0.39 is 15.8 Å². The second-order valence-corrected chi connectivity index (χ2v) is 14.0. The Labute approximate surface area is 269 Å². The van der Waals surface area contributed by atoms with E-state index in [-0.39, 0.29) is 17.1 Å². The molecule has 218 valence electrons. The van der Waals surface area contributed by atoms with Crippen LogP contribution in [0.3, 0.4) is 0 Å². The van der Waals surface area contributed by atoms with E-state index in [1.807, 2.05) is 0 Å². The normalized spacial score (nSPS) is 12.3. The van der Waals surface area contributed by atoms with E-state index >= 15 is 0 Å². The van der Waals surface area contributed by atoms with Gasteiger partial charge in [-0.05, 0) is 37.1 Å². The van der Waals surface area contributed by atoms with Crippen LogP contribution in [0.15, 0.2) is 170 Å². The van der Waals surface area contributed by atoms with Gasteiger partial charge in [-0.25, -0.2) is 24.3 Å². The first kappa shape index (κ1) is 32.8. The van der Waals surface area contributed by atoms with Gasteiger partial charge in [0, 0.05) is 0 Å². The standard InChI is InChI=1S/2C17H14P.C4H8O2.Fe/c2*1-3-9-15(10-4-1)18(17-13-7-8-14-17)16-11-5-2-6-12-16;1-2-6-4-3-5-1;/h2*1-14H;1-4H2;/q2*-1;;+2. The summed E-state index contributed by atoms with van der Waals surface area (Å²) in [7, 11) is -0.818. The Hall–Kier alpha value is -3.12. The molecule has 1 fully saturated rings. The zero-order valence-electron chi connectivity index (χ0n) is 24.1. The molecule has 43 heavy (non-hydrogen) atoms. The Morgan fingerprint density at radius 3 is 0.860 bits per heavy atom. The number of hydrogen-bond donors (Lipinski definition) is 0. The molecular weight excluding hydrogens is 606 g/mol. The van der Waals surface area contributed by atoms with Gasteiger partial charge in [-0.15, -0.1) is 10.6 Å². The second kappa shape index (κ2) is 18.5. The van der Waals surface area contributed by atoms with Crippen molar-refractivity contribution in [1.82, 2.24) is 0 Å². The first-order chi connectivity index (χ1) is 20.9. The molecule has 0 N–H and O–H groups in total. The fourth-order valence-electron chi connectivity index (χ4n) is 4.67. The van der Waals surface area contributed by atoms with Gasteiger partial charge in [0.2, 0.25) is 0 Å². The monoisotopic (exact) mass is 642 g/mol. The van der Waals surface area contributed by atoms with E-state index in [1.165, 1.54) is 31.8 Å². The van der Waals surface area contributed by atoms with Crippen LogP contribution >= 0.6 is 15.8 Å². The molecule has 1 saturated heterocycles. The quantitative estimate of drug-likeness (QED) is 0.120. The molecule has 6 aromatic carbocycles. The Morgan fingerprint density at radius 1 is 0.372 bits per heavy atom. The predicted octanol–water partition coefficient (Wildman–Crippen LogP) is 6.36. The third-order valence-electron chi connectivity index (χ3n) is 6.61. The third kappa shape index (κ3) is 9.96. The molecule has 1 heterocycles. The molecule has 0 amide bonds. The molecule has 5 heteroatoms. The Balaban J connectivity index is 0.000000162. The topological polar surface area (TPSA) is 18.5 Å². The maximum atomic E-state index is 4.94. The van der Waals surface area contributed by atoms with Gasteiger partial charge in [0.1, 0.15) is 0 Å². The number of benzene rings is 4. The summed E-state index contributed by atoms with van der Waals surface area (Å²) in [6.45, 7) is 3.11. The average molecular weight is 642 g/mol. The Kier molecular flexibility index (Phi) is 14.1. The molecular formula is C38H36FeO2P2. The second-order valence-electron chi connectivity index (χ2n) is 9.52. The molecule has 0 aromatic heterocycles. The van der Waals surface area contributed by atoms with Crippen molar-refractivity contribution in [2.45, 2.75) is 0 Å². The van der Waals surface area contributed by atoms with Crippen molar-refractivity contribution in [1.29, 1.82) is 0 Å². The van der Waals surface area contributed by atoms with Crippen LogP contribution in [0, 0.1) is 0 Å². The van der Waals surface area contributed by atoms with Crippen molar-refractivity contribution in [3.63, 3.8) is 0 Å². The molecule has 0 bridgehead atoms. The van der Waals surface area contributed by atoms with E-state index in [4.69, 9.17) is 9.47 Å². The van der Waals surface area contributed by atoms with Crippen molar-refractivity contribution in [3.8, 4) is 0 Å². The minimum absolute atomic E-state index is 0. The fraction of sp³-hybridized carbons (Fsp3) is 0.105. The predicted molar refractivity (Wildman–Crippen MR) is 183 cm³/mol. The van der Waals surface area contributed by atoms with Crippen molar-refractivity contribution < 1.29 is 26.5 Å². The van der Waals surface area contributed by atoms with Gasteiger partial charge in [0.25, 0.3) is 0 Å². The zero-order valence-corrected chi connectivity index (χ0v) is 27.0. The number of rotatable bonds is 6. The minimum Gasteiger partial charge on any atom is -0.377 e. The van der Waals surface area contributed by atoms with Gasteiger partial charge in [-0.3, -0.25) is 0 Å². The minimum atomic E-state index is -0.409. The van der Waals surface area contributed by atoms with Crippen LogP contribution in [0.5, 0.6) is 0 Å². The van der Waals surface area contributed by atoms with Crippen molar-refractivity contribution in [2.24, 2.45) is 0 Å². The van der Waals surface area contributed by atoms with E-state index in [2.05, 4.69) is 170 Å². The molecule has 0 unspecified atom stereocenters. The van der Waals surface area contributed by atoms with Crippen LogP contribution in [0.2, 0.25) is 0 Å². The van der Waals surface area contributed by atoms with Gasteiger partial charge >= 0.3 is 17.1 Å². The van der Waals surface area contributed by atoms with Crippen LogP contribution in [0.25, 0.3) is 0 Å². The van der Waals surface area contributed by atoms with Crippen molar-refractivity contribution in [2.75, 3.05) is 26.4 Å². The molecule has 7 rings (SSSR count). The van der Waals surface area contributed by atoms with Crippen LogP contribution in [-0.4, -0.2) is 26.4 Å². The maximum Gasteiger partial charge on any atom is 2.00 e. The molecule has 1 aliphatic heterocycles. The van der Waals surface area contributed by atoms with Crippen LogP contribution in [0.1, 0.15) is 0 Å². The smallest absolute Gasteiger partial charge is 0.377 e. The van der Waals surface area contributed by atoms with E-state index in [0.29, 0.717) is 0 Å². The zero-order chi connectivity index (χ0) is 28.7. The van der Waals surface area contributed by atoms with Crippen LogP contribution in [-0.2, 0) is 26.5 Å². The van der Waals surface area contributed by atoms with Gasteiger partial charge in [0.15, 0.2) is 0 Å². The Bertz CT molecular complexity index is 1300. The van der Waals surface area contributed by atoms with Gasteiger partial charge in [0.05, 0.1) is 26.4 Å². The molecule has 2 nitrogen and oxygen atoms in total. The summed E-state index contributed by atoms with van der Waals surface area (Å²) >= 11 is 0. The van der Waals surface area contributed by atoms with Crippen LogP contribution in [0.4, 0.5) is 0 Å². The van der Waals surface area contributed by atoms with E-state index in [0.717, 1.165) is 26.4 Å². The first-order valence-corrected chi connectivity index (χ1v) is 17.0. The third-order valence-corrected chi connectivity index (χ3v) is 11.5. The summed E-state index contributed by atoms with van der Waals surface area (Å²) in [5, 5.41) is 8.47. The number of ether oxygens (including phenoxy) is 2. The summed E-state index contributed by atoms with van der Waals surface area (Å²) < 4.78 is 9.89. The van der Waals surface area contributed by atoms with Crippen molar-refractivity contribution >= 4 is 47.7 Å². The summed E-state index contributed by atoms with van der Waals surface area (Å²) in [4.78, 5) is 0. The first-order valence-electron chi connectivity index (χ1n) is 14.3. The average Bonchev–Trinajstić information content (AvgIpc) is 3.81. The van der Waals surface area contributed by atoms with Crippen molar-refractivity contribution in [3.05, 3.63) is 170 Å². The van der Waals surface area contributed by atoms with E-state index in [9.17, 15) is 0 Å². The molecule has 0 spiro atoms. The summed E-state index contributed by atoms with van der Waals surface area (Å²) in [5.41, 5.74) is 0. The van der Waals surface area contributed by atoms with E-state index in [1.54, 1.807) is 0 Å². The summed E-state index contributed by atoms with van der Waals surface area (Å²) in [5.74, 6) is 0. The molecule has 1 aliphatic rings. The summed E-state index contributed by atoms with van der Waals surface area (Å²) in [6, 6.07) is 60.5. The van der Waals surface area contributed by atoms with Gasteiger partial charge in [-0.1, -0.05) is 121 Å². The maximum absolute atomic E-state index is 4.94. The largest absolute Gasteiger partial charge is 2.00 e. The molecule has 6 aromatic rings. The Morgan fingerprint density at radius 2 is 0.651 bits per heavy atom. The number of hydrogen-bond acceptors (Lipinski definition) is 2. The molecule has 0 atom stereocenters. The van der Waals surface area contributed by atoms with Gasteiger partial charge in [-0.2, -0.15) is 24.3 Å². The molecule has 0 saturated carbocycles. The molecule has 0 aliphatic carbocycles. The fourth-order valence-corrected chi connectivity index (χ4v) is 9.28. The molecule has 0 radical (unpaired) electrons.